The maximum Gasteiger partial charge on any atom is 0.254 e. The summed E-state index contributed by atoms with van der Waals surface area (Å²) < 4.78 is 2.22. The topological polar surface area (TPSA) is 51.0 Å². The van der Waals surface area contributed by atoms with Crippen LogP contribution in [0.3, 0.4) is 0 Å². The van der Waals surface area contributed by atoms with Crippen LogP contribution in [0.15, 0.2) is 61.2 Å². The highest BCUT2D eigenvalue weighted by atomic mass is 32.2. The molecule has 3 aromatic rings. The molecule has 5 nitrogen and oxygen atoms in total. The van der Waals surface area contributed by atoms with E-state index >= 15 is 0 Å². The van der Waals surface area contributed by atoms with Crippen LogP contribution in [-0.4, -0.2) is 44.1 Å². The van der Waals surface area contributed by atoms with E-state index in [9.17, 15) is 4.79 Å². The van der Waals surface area contributed by atoms with Gasteiger partial charge in [-0.2, -0.15) is 5.10 Å². The van der Waals surface area contributed by atoms with Crippen LogP contribution in [0, 0.1) is 0 Å². The van der Waals surface area contributed by atoms with Gasteiger partial charge in [-0.15, -0.1) is 23.5 Å². The third-order valence-corrected chi connectivity index (χ3v) is 8.12. The minimum atomic E-state index is -0.0297. The lowest BCUT2D eigenvalue weighted by Gasteiger charge is -2.26. The zero-order valence-corrected chi connectivity index (χ0v) is 17.5. The molecule has 0 N–H and O–H groups in total. The minimum Gasteiger partial charge on any atom is -0.335 e. The zero-order chi connectivity index (χ0) is 19.5. The molecule has 0 spiro atoms. The minimum absolute atomic E-state index is 0.0297. The summed E-state index contributed by atoms with van der Waals surface area (Å²) in [6.07, 6.45) is 3.18. The number of benzene rings is 2. The Labute approximate surface area is 173 Å². The maximum atomic E-state index is 12.9. The highest BCUT2D eigenvalue weighted by Gasteiger charge is 2.21. The number of carbonyl (C=O) groups excluding carboxylic acids is 1. The van der Waals surface area contributed by atoms with Crippen molar-refractivity contribution in [3.8, 4) is 5.69 Å². The molecule has 0 aliphatic carbocycles. The van der Waals surface area contributed by atoms with Gasteiger partial charge in [-0.3, -0.25) is 4.79 Å². The van der Waals surface area contributed by atoms with Crippen molar-refractivity contribution in [3.05, 3.63) is 77.9 Å². The molecule has 1 saturated heterocycles. The molecule has 1 atom stereocenters. The normalized spacial score (nSPS) is 15.5. The van der Waals surface area contributed by atoms with Crippen molar-refractivity contribution < 1.29 is 4.79 Å². The Hall–Kier alpha value is -2.25. The second kappa shape index (κ2) is 8.41. The van der Waals surface area contributed by atoms with E-state index in [1.54, 1.807) is 15.9 Å². The third-order valence-electron chi connectivity index (χ3n) is 5.01. The Morgan fingerprint density at radius 3 is 2.39 bits per heavy atom. The first-order valence-corrected chi connectivity index (χ1v) is 11.3. The molecule has 1 aromatic heterocycles. The lowest BCUT2D eigenvalue weighted by atomic mass is 10.1. The average molecular weight is 411 g/mol. The van der Waals surface area contributed by atoms with E-state index in [4.69, 9.17) is 0 Å². The second-order valence-corrected chi connectivity index (χ2v) is 9.44. The Morgan fingerprint density at radius 1 is 1.11 bits per heavy atom. The molecule has 1 fully saturated rings. The van der Waals surface area contributed by atoms with Crippen LogP contribution in [-0.2, 0) is 0 Å². The molecule has 4 rings (SSSR count). The van der Waals surface area contributed by atoms with Gasteiger partial charge in [0.1, 0.15) is 12.7 Å². The van der Waals surface area contributed by atoms with Crippen LogP contribution >= 0.6 is 23.5 Å². The Bertz CT molecular complexity index is 920. The van der Waals surface area contributed by atoms with Crippen molar-refractivity contribution in [1.82, 2.24) is 19.7 Å². The molecule has 1 amide bonds. The SMILES string of the molecule is C[C@H](c1ccc(-n2cncn2)cc1)N(C)C(=O)c1ccc(C2SCCS2)cc1. The number of aromatic nitrogens is 3. The molecule has 0 saturated carbocycles. The van der Waals surface area contributed by atoms with Crippen molar-refractivity contribution in [2.45, 2.75) is 17.5 Å². The van der Waals surface area contributed by atoms with Gasteiger partial charge in [-0.05, 0) is 42.3 Å². The van der Waals surface area contributed by atoms with E-state index in [0.29, 0.717) is 4.58 Å². The van der Waals surface area contributed by atoms with E-state index in [1.165, 1.54) is 23.4 Å². The van der Waals surface area contributed by atoms with Gasteiger partial charge in [-0.1, -0.05) is 24.3 Å². The fraction of sp³-hybridized carbons (Fsp3) is 0.286. The zero-order valence-electron chi connectivity index (χ0n) is 15.9. The molecular formula is C21H22N4OS2. The Kier molecular flexibility index (Phi) is 5.73. The highest BCUT2D eigenvalue weighted by Crippen LogP contribution is 2.45. The summed E-state index contributed by atoms with van der Waals surface area (Å²) in [4.78, 5) is 18.7. The van der Waals surface area contributed by atoms with Gasteiger partial charge in [0.05, 0.1) is 16.3 Å². The molecule has 28 heavy (non-hydrogen) atoms. The Morgan fingerprint density at radius 2 is 1.79 bits per heavy atom. The van der Waals surface area contributed by atoms with E-state index in [0.717, 1.165) is 16.8 Å². The van der Waals surface area contributed by atoms with Crippen LogP contribution in [0.4, 0.5) is 0 Å². The number of hydrogen-bond donors (Lipinski definition) is 0. The van der Waals surface area contributed by atoms with Crippen molar-refractivity contribution in [3.63, 3.8) is 0 Å². The van der Waals surface area contributed by atoms with Crippen LogP contribution in [0.5, 0.6) is 0 Å². The van der Waals surface area contributed by atoms with Gasteiger partial charge >= 0.3 is 0 Å². The first-order chi connectivity index (χ1) is 13.6. The molecule has 7 heteroatoms. The number of rotatable bonds is 5. The highest BCUT2D eigenvalue weighted by molar-refractivity contribution is 8.19. The summed E-state index contributed by atoms with van der Waals surface area (Å²) in [6.45, 7) is 2.04. The molecule has 0 bridgehead atoms. The molecule has 2 aromatic carbocycles. The predicted octanol–water partition coefficient (Wildman–Crippen LogP) is 4.58. The lowest BCUT2D eigenvalue weighted by molar-refractivity contribution is 0.0742. The Balaban J connectivity index is 1.45. The number of nitrogens with zero attached hydrogens (tertiary/aromatic N) is 4. The van der Waals surface area contributed by atoms with Gasteiger partial charge in [0, 0.05) is 24.1 Å². The van der Waals surface area contributed by atoms with E-state index < -0.39 is 0 Å². The largest absolute Gasteiger partial charge is 0.335 e. The quantitative estimate of drug-likeness (QED) is 0.616. The standard InChI is InChI=1S/C21H22N4OS2/c1-15(16-7-9-19(10-8-16)25-14-22-13-23-25)24(2)20(26)17-3-5-18(6-4-17)21-27-11-12-28-21/h3-10,13-15,21H,11-12H2,1-2H3/t15-/m1/s1. The van der Waals surface area contributed by atoms with Gasteiger partial charge in [0.15, 0.2) is 0 Å². The summed E-state index contributed by atoms with van der Waals surface area (Å²) in [5.74, 6) is 2.43. The molecule has 0 unspecified atom stereocenters. The van der Waals surface area contributed by atoms with Crippen molar-refractivity contribution in [2.75, 3.05) is 18.6 Å². The average Bonchev–Trinajstić information content (AvgIpc) is 3.47. The maximum absolute atomic E-state index is 12.9. The van der Waals surface area contributed by atoms with Crippen molar-refractivity contribution in [1.29, 1.82) is 0 Å². The summed E-state index contributed by atoms with van der Waals surface area (Å²) in [6, 6.07) is 16.1. The second-order valence-electron chi connectivity index (χ2n) is 6.72. The van der Waals surface area contributed by atoms with Gasteiger partial charge in [-0.25, -0.2) is 9.67 Å². The monoisotopic (exact) mass is 410 g/mol. The fourth-order valence-corrected chi connectivity index (χ4v) is 6.04. The van der Waals surface area contributed by atoms with E-state index in [1.807, 2.05) is 73.9 Å². The van der Waals surface area contributed by atoms with E-state index in [2.05, 4.69) is 22.2 Å². The summed E-state index contributed by atoms with van der Waals surface area (Å²) in [5, 5.41) is 4.14. The molecule has 1 aliphatic rings. The first-order valence-electron chi connectivity index (χ1n) is 9.19. The van der Waals surface area contributed by atoms with Gasteiger partial charge in [0.2, 0.25) is 0 Å². The van der Waals surface area contributed by atoms with Crippen LogP contribution in [0.25, 0.3) is 5.69 Å². The summed E-state index contributed by atoms with van der Waals surface area (Å²) in [7, 11) is 1.86. The molecule has 144 valence electrons. The number of hydrogen-bond acceptors (Lipinski definition) is 5. The lowest BCUT2D eigenvalue weighted by Crippen LogP contribution is -2.29. The first kappa shape index (κ1) is 19.1. The molecular weight excluding hydrogens is 388 g/mol. The number of carbonyl (C=O) groups is 1. The number of thioether (sulfide) groups is 2. The molecule has 1 aliphatic heterocycles. The fourth-order valence-electron chi connectivity index (χ4n) is 3.18. The predicted molar refractivity (Wildman–Crippen MR) is 116 cm³/mol. The summed E-state index contributed by atoms with van der Waals surface area (Å²) >= 11 is 3.95. The van der Waals surface area contributed by atoms with Gasteiger partial charge in [0.25, 0.3) is 5.91 Å². The third kappa shape index (κ3) is 3.95. The summed E-state index contributed by atoms with van der Waals surface area (Å²) in [5.41, 5.74) is 4.05. The van der Waals surface area contributed by atoms with Crippen LogP contribution < -0.4 is 0 Å². The van der Waals surface area contributed by atoms with Crippen molar-refractivity contribution in [2.24, 2.45) is 0 Å². The van der Waals surface area contributed by atoms with Crippen LogP contribution in [0.1, 0.15) is 39.0 Å². The van der Waals surface area contributed by atoms with E-state index in [-0.39, 0.29) is 11.9 Å². The van der Waals surface area contributed by atoms with Crippen LogP contribution in [0.2, 0.25) is 0 Å². The molecule has 2 heterocycles. The van der Waals surface area contributed by atoms with Crippen molar-refractivity contribution >= 4 is 29.4 Å². The molecule has 0 radical (unpaired) electrons. The number of amides is 1. The van der Waals surface area contributed by atoms with Gasteiger partial charge < -0.3 is 4.90 Å². The smallest absolute Gasteiger partial charge is 0.254 e.